The van der Waals surface area contributed by atoms with Crippen molar-refractivity contribution in [2.24, 2.45) is 0 Å². The van der Waals surface area contributed by atoms with Crippen molar-refractivity contribution in [1.82, 2.24) is 0 Å². The summed E-state index contributed by atoms with van der Waals surface area (Å²) in [6.45, 7) is 9.05. The van der Waals surface area contributed by atoms with Gasteiger partial charge in [0.25, 0.3) is 0 Å². The average molecular weight is 325 g/mol. The summed E-state index contributed by atoms with van der Waals surface area (Å²) in [5.74, 6) is 0. The fourth-order valence-corrected chi connectivity index (χ4v) is 0.379. The molecule has 0 aliphatic carbocycles. The normalized spacial score (nSPS) is 7.64. The van der Waals surface area contributed by atoms with Crippen molar-refractivity contribution >= 4 is 0 Å². The predicted molar refractivity (Wildman–Crippen MR) is 46.0 cm³/mol. The Hall–Kier alpha value is 0.700. The molecule has 0 aromatic carbocycles. The average Bonchev–Trinajstić information content (AvgIpc) is 1.93. The number of aliphatic hydroxyl groups is 1. The first-order valence-corrected chi connectivity index (χ1v) is 4.08. The third-order valence-electron chi connectivity index (χ3n) is 1.02. The van der Waals surface area contributed by atoms with Crippen molar-refractivity contribution in [2.75, 3.05) is 0 Å². The van der Waals surface area contributed by atoms with Crippen LogP contribution in [0.4, 0.5) is 0 Å². The number of hydrogen-bond acceptors (Lipinski definition) is 1. The van der Waals surface area contributed by atoms with E-state index >= 15 is 0 Å². The van der Waals surface area contributed by atoms with Crippen LogP contribution in [0.1, 0.15) is 46.0 Å². The van der Waals surface area contributed by atoms with Crippen LogP contribution in [-0.4, -0.2) is 5.11 Å². The van der Waals surface area contributed by atoms with E-state index in [-0.39, 0.29) is 22.4 Å². The van der Waals surface area contributed by atoms with Gasteiger partial charge in [-0.15, -0.1) is 0 Å². The summed E-state index contributed by atoms with van der Waals surface area (Å²) >= 11 is 0. The summed E-state index contributed by atoms with van der Waals surface area (Å²) in [4.78, 5) is 0. The van der Waals surface area contributed by atoms with Gasteiger partial charge in [-0.25, -0.2) is 6.61 Å². The van der Waals surface area contributed by atoms with Crippen molar-refractivity contribution in [2.45, 2.75) is 46.0 Å². The van der Waals surface area contributed by atoms with Gasteiger partial charge in [-0.2, -0.15) is 12.8 Å². The second-order valence-electron chi connectivity index (χ2n) is 2.18. The van der Waals surface area contributed by atoms with E-state index in [0.29, 0.717) is 0 Å². The minimum atomic E-state index is 0. The molecule has 0 rings (SSSR count). The van der Waals surface area contributed by atoms with Gasteiger partial charge in [0.15, 0.2) is 0 Å². The van der Waals surface area contributed by atoms with Gasteiger partial charge in [0.1, 0.15) is 0 Å². The van der Waals surface area contributed by atoms with Gasteiger partial charge < -0.3 is 12.0 Å². The molecule has 67 valence electrons. The third-order valence-corrected chi connectivity index (χ3v) is 1.02. The Labute approximate surface area is 87.1 Å². The monoisotopic (exact) mass is 325 g/mol. The molecule has 0 amide bonds. The molecule has 0 aromatic heterocycles. The first-order valence-electron chi connectivity index (χ1n) is 4.08. The number of unbranched alkanes of at least 4 members (excludes halogenated alkanes) is 3. The summed E-state index contributed by atoms with van der Waals surface area (Å²) in [5.41, 5.74) is 0. The van der Waals surface area contributed by atoms with Gasteiger partial charge in [0.05, 0.1) is 0 Å². The Morgan fingerprint density at radius 3 is 1.82 bits per heavy atom. The van der Waals surface area contributed by atoms with Crippen LogP contribution in [0.3, 0.4) is 0 Å². The van der Waals surface area contributed by atoms with Crippen LogP contribution in [0.2, 0.25) is 0 Å². The molecule has 11 heavy (non-hydrogen) atoms. The van der Waals surface area contributed by atoms with Gasteiger partial charge in [-0.1, -0.05) is 33.1 Å². The number of hydrogen-bond donors (Lipinski definition) is 1. The molecular weight excluding hydrogens is 305 g/mol. The molecule has 1 nitrogen and oxygen atoms in total. The van der Waals surface area contributed by atoms with E-state index in [9.17, 15) is 0 Å². The van der Waals surface area contributed by atoms with Gasteiger partial charge in [0.2, 0.25) is 0 Å². The van der Waals surface area contributed by atoms with E-state index in [0.717, 1.165) is 19.3 Å². The van der Waals surface area contributed by atoms with Crippen molar-refractivity contribution in [3.63, 3.8) is 0 Å². The first kappa shape index (κ1) is 17.7. The van der Waals surface area contributed by atoms with Crippen LogP contribution in [0.15, 0.2) is 0 Å². The van der Waals surface area contributed by atoms with E-state index in [1.807, 2.05) is 6.92 Å². The topological polar surface area (TPSA) is 20.2 Å². The molecule has 0 atom stereocenters. The molecule has 0 spiro atoms. The van der Waals surface area contributed by atoms with Crippen LogP contribution in [-0.2, 0) is 22.4 Å². The summed E-state index contributed by atoms with van der Waals surface area (Å²) in [6, 6.07) is 0. The Morgan fingerprint density at radius 1 is 1.27 bits per heavy atom. The van der Waals surface area contributed by atoms with Crippen LogP contribution in [0, 0.1) is 13.5 Å². The molecule has 0 fully saturated rings. The molecule has 0 heterocycles. The molecule has 1 radical (unpaired) electrons. The van der Waals surface area contributed by atoms with Gasteiger partial charge in [-0.05, 0) is 0 Å². The van der Waals surface area contributed by atoms with E-state index < -0.39 is 0 Å². The van der Waals surface area contributed by atoms with Crippen LogP contribution < -0.4 is 0 Å². The Morgan fingerprint density at radius 2 is 1.82 bits per heavy atom. The molecular formula is C9H20OTa. The Bertz CT molecular complexity index is 30.5. The van der Waals surface area contributed by atoms with Crippen molar-refractivity contribution in [3.05, 3.63) is 13.5 Å². The minimum Gasteiger partial charge on any atom is -0.566 e. The molecule has 0 bridgehead atoms. The number of rotatable bonds is 4. The maximum atomic E-state index is 7.94. The molecule has 0 aliphatic heterocycles. The zero-order chi connectivity index (χ0) is 8.24. The zero-order valence-corrected chi connectivity index (χ0v) is 10.9. The summed E-state index contributed by atoms with van der Waals surface area (Å²) in [6.07, 6.45) is 5.51. The van der Waals surface area contributed by atoms with E-state index in [2.05, 4.69) is 13.8 Å². The van der Waals surface area contributed by atoms with Gasteiger partial charge in [-0.3, -0.25) is 0 Å². The maximum Gasteiger partial charge on any atom is 2.00 e. The van der Waals surface area contributed by atoms with Crippen LogP contribution >= 0.6 is 0 Å². The van der Waals surface area contributed by atoms with Crippen LogP contribution in [0.25, 0.3) is 0 Å². The first-order chi connectivity index (χ1) is 4.83. The molecule has 0 unspecified atom stereocenters. The number of aliphatic hydroxyl groups excluding tert-OH is 1. The molecule has 0 aromatic rings. The van der Waals surface area contributed by atoms with Crippen molar-refractivity contribution < 1.29 is 27.5 Å². The van der Waals surface area contributed by atoms with Gasteiger partial charge >= 0.3 is 22.4 Å². The molecule has 0 saturated heterocycles. The Balaban J connectivity index is -0.000000107. The fraction of sp³-hybridized carbons (Fsp3) is 0.778. The van der Waals surface area contributed by atoms with Crippen LogP contribution in [0.5, 0.6) is 0 Å². The van der Waals surface area contributed by atoms with E-state index in [1.54, 1.807) is 0 Å². The van der Waals surface area contributed by atoms with E-state index in [1.165, 1.54) is 19.4 Å². The summed E-state index contributed by atoms with van der Waals surface area (Å²) < 4.78 is 0. The Kier molecular flexibility index (Phi) is 36.1. The SMILES string of the molecule is CCC[CH-]O.[CH2-]CCCC.[Ta+2]. The fourth-order valence-electron chi connectivity index (χ4n) is 0.379. The van der Waals surface area contributed by atoms with Crippen molar-refractivity contribution in [1.29, 1.82) is 0 Å². The second-order valence-corrected chi connectivity index (χ2v) is 2.18. The maximum absolute atomic E-state index is 7.94. The van der Waals surface area contributed by atoms with Crippen molar-refractivity contribution in [3.8, 4) is 0 Å². The summed E-state index contributed by atoms with van der Waals surface area (Å²) in [5, 5.41) is 7.94. The molecule has 0 saturated carbocycles. The minimum absolute atomic E-state index is 0. The van der Waals surface area contributed by atoms with E-state index in [4.69, 9.17) is 5.11 Å². The predicted octanol–water partition coefficient (Wildman–Crippen LogP) is 3.33. The molecule has 1 N–H and O–H groups in total. The standard InChI is InChI=1S/C5H11.C4H9O.Ta/c1-3-5-4-2;1-2-3-4-5;/h1,3-5H2,2H3;4-5H,2-3H2,1H3;/q2*-1;+2. The van der Waals surface area contributed by atoms with Gasteiger partial charge in [0, 0.05) is 0 Å². The second kappa shape index (κ2) is 22.4. The quantitative estimate of drug-likeness (QED) is 0.786. The third kappa shape index (κ3) is 36.7. The summed E-state index contributed by atoms with van der Waals surface area (Å²) in [7, 11) is 0. The smallest absolute Gasteiger partial charge is 0.566 e. The largest absolute Gasteiger partial charge is 2.00 e. The zero-order valence-electron chi connectivity index (χ0n) is 7.71. The molecule has 0 aliphatic rings. The molecule has 2 heteroatoms.